The van der Waals surface area contributed by atoms with Gasteiger partial charge < -0.3 is 9.84 Å². The Labute approximate surface area is 66.8 Å². The topological polar surface area (TPSA) is 38.1 Å². The van der Waals surface area contributed by atoms with E-state index in [9.17, 15) is 0 Å². The van der Waals surface area contributed by atoms with E-state index in [0.717, 1.165) is 18.0 Å². The summed E-state index contributed by atoms with van der Waals surface area (Å²) in [6.45, 7) is 4.31. The van der Waals surface area contributed by atoms with E-state index in [1.165, 1.54) is 0 Å². The van der Waals surface area contributed by atoms with Crippen molar-refractivity contribution in [3.8, 4) is 0 Å². The van der Waals surface area contributed by atoms with E-state index >= 15 is 0 Å². The molecule has 1 aromatic rings. The molecule has 0 unspecified atom stereocenters. The van der Waals surface area contributed by atoms with Gasteiger partial charge in [-0.3, -0.25) is 0 Å². The van der Waals surface area contributed by atoms with E-state index in [0.29, 0.717) is 5.92 Å². The molecular formula is C8H14N2O. The van der Waals surface area contributed by atoms with Crippen molar-refractivity contribution in [3.63, 3.8) is 0 Å². The molecule has 0 saturated heterocycles. The van der Waals surface area contributed by atoms with Gasteiger partial charge >= 0.3 is 0 Å². The molecule has 0 bridgehead atoms. The van der Waals surface area contributed by atoms with Crippen molar-refractivity contribution < 1.29 is 4.52 Å². The van der Waals surface area contributed by atoms with Crippen LogP contribution in [0.4, 0.5) is 5.82 Å². The molecule has 1 aromatic heterocycles. The lowest BCUT2D eigenvalue weighted by molar-refractivity contribution is 0.371. The van der Waals surface area contributed by atoms with Crippen LogP contribution >= 0.6 is 0 Å². The molecule has 0 radical (unpaired) electrons. The molecule has 1 heterocycles. The number of nitrogens with zero attached hydrogens (tertiary/aromatic N) is 1. The molecule has 0 atom stereocenters. The quantitative estimate of drug-likeness (QED) is 0.722. The first-order valence-electron chi connectivity index (χ1n) is 3.85. The van der Waals surface area contributed by atoms with Crippen LogP contribution in [0.5, 0.6) is 0 Å². The zero-order valence-electron chi connectivity index (χ0n) is 7.22. The average molecular weight is 154 g/mol. The van der Waals surface area contributed by atoms with E-state index in [1.807, 2.05) is 13.1 Å². The Morgan fingerprint density at radius 2 is 2.36 bits per heavy atom. The molecule has 0 saturated carbocycles. The molecule has 0 aliphatic carbocycles. The van der Waals surface area contributed by atoms with Crippen LogP contribution in [0.3, 0.4) is 0 Å². The minimum atomic E-state index is 0.618. The van der Waals surface area contributed by atoms with Gasteiger partial charge in [0, 0.05) is 19.5 Å². The Hall–Kier alpha value is -0.990. The SMILES string of the molecule is CNc1cc(CC(C)C)on1. The minimum Gasteiger partial charge on any atom is -0.370 e. The molecule has 11 heavy (non-hydrogen) atoms. The van der Waals surface area contributed by atoms with E-state index in [-0.39, 0.29) is 0 Å². The van der Waals surface area contributed by atoms with Crippen LogP contribution in [0.2, 0.25) is 0 Å². The average Bonchev–Trinajstić information content (AvgIpc) is 2.34. The van der Waals surface area contributed by atoms with Gasteiger partial charge in [0.05, 0.1) is 0 Å². The third-order valence-electron chi connectivity index (χ3n) is 1.42. The number of nitrogens with one attached hydrogen (secondary N) is 1. The van der Waals surface area contributed by atoms with Crippen molar-refractivity contribution in [2.75, 3.05) is 12.4 Å². The molecule has 0 fully saturated rings. The number of aromatic nitrogens is 1. The predicted octanol–water partition coefficient (Wildman–Crippen LogP) is 1.91. The van der Waals surface area contributed by atoms with Crippen LogP contribution in [0.15, 0.2) is 10.6 Å². The highest BCUT2D eigenvalue weighted by molar-refractivity contribution is 5.32. The van der Waals surface area contributed by atoms with Crippen LogP contribution < -0.4 is 5.32 Å². The summed E-state index contributed by atoms with van der Waals surface area (Å²) in [6, 6.07) is 1.93. The molecule has 62 valence electrons. The van der Waals surface area contributed by atoms with Gasteiger partial charge in [0.15, 0.2) is 5.82 Å². The van der Waals surface area contributed by atoms with Crippen LogP contribution in [0, 0.1) is 5.92 Å². The van der Waals surface area contributed by atoms with Gasteiger partial charge in [0.25, 0.3) is 0 Å². The first-order chi connectivity index (χ1) is 5.22. The summed E-state index contributed by atoms with van der Waals surface area (Å²) < 4.78 is 5.05. The lowest BCUT2D eigenvalue weighted by Gasteiger charge is -1.96. The summed E-state index contributed by atoms with van der Waals surface area (Å²) >= 11 is 0. The second-order valence-corrected chi connectivity index (χ2v) is 3.03. The zero-order chi connectivity index (χ0) is 8.27. The normalized spacial score (nSPS) is 10.5. The van der Waals surface area contributed by atoms with Gasteiger partial charge in [-0.25, -0.2) is 0 Å². The standard InChI is InChI=1S/C8H14N2O/c1-6(2)4-7-5-8(9-3)10-11-7/h5-6H,4H2,1-3H3,(H,9,10). The fraction of sp³-hybridized carbons (Fsp3) is 0.625. The lowest BCUT2D eigenvalue weighted by Crippen LogP contribution is -1.91. The third kappa shape index (κ3) is 2.26. The Kier molecular flexibility index (Phi) is 2.52. The van der Waals surface area contributed by atoms with Gasteiger partial charge in [0.1, 0.15) is 5.76 Å². The molecule has 0 aliphatic heterocycles. The first-order valence-corrected chi connectivity index (χ1v) is 3.85. The second kappa shape index (κ2) is 3.42. The fourth-order valence-electron chi connectivity index (χ4n) is 0.929. The molecule has 0 spiro atoms. The molecule has 0 aromatic carbocycles. The maximum Gasteiger partial charge on any atom is 0.169 e. The van der Waals surface area contributed by atoms with Gasteiger partial charge in [-0.1, -0.05) is 19.0 Å². The highest BCUT2D eigenvalue weighted by Crippen LogP contribution is 2.11. The van der Waals surface area contributed by atoms with Crippen molar-refractivity contribution >= 4 is 5.82 Å². The molecule has 3 nitrogen and oxygen atoms in total. The van der Waals surface area contributed by atoms with Gasteiger partial charge in [0.2, 0.25) is 0 Å². The van der Waals surface area contributed by atoms with Crippen LogP contribution in [0.1, 0.15) is 19.6 Å². The van der Waals surface area contributed by atoms with Crippen LogP contribution in [0.25, 0.3) is 0 Å². The first kappa shape index (κ1) is 8.11. The van der Waals surface area contributed by atoms with E-state index in [2.05, 4.69) is 24.3 Å². The number of anilines is 1. The van der Waals surface area contributed by atoms with E-state index in [1.54, 1.807) is 0 Å². The maximum atomic E-state index is 5.05. The Bertz CT molecular complexity index is 218. The van der Waals surface area contributed by atoms with Gasteiger partial charge in [-0.15, -0.1) is 0 Å². The Morgan fingerprint density at radius 1 is 1.64 bits per heavy atom. The molecule has 1 rings (SSSR count). The second-order valence-electron chi connectivity index (χ2n) is 3.03. The Morgan fingerprint density at radius 3 is 2.82 bits per heavy atom. The number of hydrogen-bond donors (Lipinski definition) is 1. The van der Waals surface area contributed by atoms with Crippen molar-refractivity contribution in [1.82, 2.24) is 5.16 Å². The highest BCUT2D eigenvalue weighted by Gasteiger charge is 2.03. The Balaban J connectivity index is 2.58. The number of hydrogen-bond acceptors (Lipinski definition) is 3. The summed E-state index contributed by atoms with van der Waals surface area (Å²) in [7, 11) is 1.83. The van der Waals surface area contributed by atoms with Gasteiger partial charge in [-0.05, 0) is 5.92 Å². The minimum absolute atomic E-state index is 0.618. The lowest BCUT2D eigenvalue weighted by atomic mass is 10.1. The van der Waals surface area contributed by atoms with Crippen LogP contribution in [-0.2, 0) is 6.42 Å². The third-order valence-corrected chi connectivity index (χ3v) is 1.42. The largest absolute Gasteiger partial charge is 0.370 e. The molecule has 0 aliphatic rings. The monoisotopic (exact) mass is 154 g/mol. The smallest absolute Gasteiger partial charge is 0.169 e. The highest BCUT2D eigenvalue weighted by atomic mass is 16.5. The maximum absolute atomic E-state index is 5.05. The fourth-order valence-corrected chi connectivity index (χ4v) is 0.929. The summed E-state index contributed by atoms with van der Waals surface area (Å²) in [4.78, 5) is 0. The molecule has 0 amide bonds. The van der Waals surface area contributed by atoms with Gasteiger partial charge in [-0.2, -0.15) is 0 Å². The van der Waals surface area contributed by atoms with E-state index in [4.69, 9.17) is 4.52 Å². The molecule has 1 N–H and O–H groups in total. The summed E-state index contributed by atoms with van der Waals surface area (Å²) in [5.41, 5.74) is 0. The van der Waals surface area contributed by atoms with Crippen LogP contribution in [-0.4, -0.2) is 12.2 Å². The van der Waals surface area contributed by atoms with Crippen molar-refractivity contribution in [2.45, 2.75) is 20.3 Å². The summed E-state index contributed by atoms with van der Waals surface area (Å²) in [6.07, 6.45) is 0.953. The predicted molar refractivity (Wildman–Crippen MR) is 44.6 cm³/mol. The van der Waals surface area contributed by atoms with E-state index < -0.39 is 0 Å². The van der Waals surface area contributed by atoms with Crippen molar-refractivity contribution in [1.29, 1.82) is 0 Å². The summed E-state index contributed by atoms with van der Waals surface area (Å²) in [5.74, 6) is 2.37. The molecule has 3 heteroatoms. The molecular weight excluding hydrogens is 140 g/mol. The number of rotatable bonds is 3. The zero-order valence-corrected chi connectivity index (χ0v) is 7.22. The summed E-state index contributed by atoms with van der Waals surface area (Å²) in [5, 5.41) is 6.72. The van der Waals surface area contributed by atoms with Crippen molar-refractivity contribution in [2.24, 2.45) is 5.92 Å². The van der Waals surface area contributed by atoms with Crippen molar-refractivity contribution in [3.05, 3.63) is 11.8 Å².